The van der Waals surface area contributed by atoms with E-state index in [0.29, 0.717) is 6.61 Å². The molecule has 0 saturated carbocycles. The fraction of sp³-hybridized carbons (Fsp3) is 1.00. The van der Waals surface area contributed by atoms with Crippen molar-refractivity contribution in [2.24, 2.45) is 0 Å². The Morgan fingerprint density at radius 1 is 0.812 bits per heavy atom. The van der Waals surface area contributed by atoms with Gasteiger partial charge in [-0.05, 0) is 19.3 Å². The number of unbranched alkanes of at least 4 members (excludes halogenated alkanes) is 5. The first-order valence-electron chi connectivity index (χ1n) is 7.01. The molecular formula is C14H32O2. The Balaban J connectivity index is 0. The smallest absolute Gasteiger partial charge is 0.0537 e. The van der Waals surface area contributed by atoms with Crippen LogP contribution in [-0.4, -0.2) is 22.9 Å². The summed E-state index contributed by atoms with van der Waals surface area (Å²) >= 11 is 0. The van der Waals surface area contributed by atoms with Gasteiger partial charge in [0.25, 0.3) is 0 Å². The standard InChI is InChI=1S/C8H18O.C6H14O/c1-2-3-4-5-6-7-8-9;1-3-5-6(7)4-2/h9H,2-8H2,1H3;6-7H,3-5H2,1-2H3. The molecule has 0 radical (unpaired) electrons. The zero-order valence-corrected chi connectivity index (χ0v) is 11.5. The molecule has 0 amide bonds. The van der Waals surface area contributed by atoms with E-state index in [0.717, 1.165) is 25.7 Å². The Morgan fingerprint density at radius 3 is 1.75 bits per heavy atom. The molecule has 0 fully saturated rings. The molecule has 0 heterocycles. The maximum absolute atomic E-state index is 8.86. The number of hydrogen-bond donors (Lipinski definition) is 2. The van der Waals surface area contributed by atoms with Crippen LogP contribution in [0.4, 0.5) is 0 Å². The van der Waals surface area contributed by atoms with Crippen LogP contribution in [0.25, 0.3) is 0 Å². The van der Waals surface area contributed by atoms with Crippen LogP contribution in [0.5, 0.6) is 0 Å². The fourth-order valence-electron chi connectivity index (χ4n) is 1.43. The van der Waals surface area contributed by atoms with Gasteiger partial charge in [-0.3, -0.25) is 0 Å². The van der Waals surface area contributed by atoms with Crippen molar-refractivity contribution in [2.75, 3.05) is 6.61 Å². The summed E-state index contributed by atoms with van der Waals surface area (Å²) in [5.74, 6) is 0. The van der Waals surface area contributed by atoms with Gasteiger partial charge in [-0.2, -0.15) is 0 Å². The highest BCUT2D eigenvalue weighted by molar-refractivity contribution is 4.47. The molecule has 0 aromatic rings. The minimum atomic E-state index is -0.0509. The molecule has 0 aromatic carbocycles. The lowest BCUT2D eigenvalue weighted by Gasteiger charge is -2.01. The van der Waals surface area contributed by atoms with E-state index in [1.165, 1.54) is 32.1 Å². The Bertz CT molecular complexity index is 98.9. The summed E-state index contributed by atoms with van der Waals surface area (Å²) in [6.45, 7) is 6.66. The molecule has 0 aliphatic rings. The minimum absolute atomic E-state index is 0.0509. The maximum Gasteiger partial charge on any atom is 0.0537 e. The molecule has 1 unspecified atom stereocenters. The Hall–Kier alpha value is -0.0800. The highest BCUT2D eigenvalue weighted by Crippen LogP contribution is 2.03. The van der Waals surface area contributed by atoms with Crippen molar-refractivity contribution in [3.8, 4) is 0 Å². The van der Waals surface area contributed by atoms with Crippen molar-refractivity contribution >= 4 is 0 Å². The van der Waals surface area contributed by atoms with Crippen LogP contribution >= 0.6 is 0 Å². The van der Waals surface area contributed by atoms with E-state index in [2.05, 4.69) is 13.8 Å². The van der Waals surface area contributed by atoms with Crippen LogP contribution in [0.1, 0.15) is 78.6 Å². The van der Waals surface area contributed by atoms with E-state index < -0.39 is 0 Å². The first-order valence-corrected chi connectivity index (χ1v) is 7.01. The first-order chi connectivity index (χ1) is 7.72. The summed E-state index contributed by atoms with van der Waals surface area (Å²) < 4.78 is 0. The topological polar surface area (TPSA) is 40.5 Å². The second kappa shape index (κ2) is 17.3. The van der Waals surface area contributed by atoms with E-state index >= 15 is 0 Å². The fourth-order valence-corrected chi connectivity index (χ4v) is 1.43. The van der Waals surface area contributed by atoms with Gasteiger partial charge in [0.1, 0.15) is 0 Å². The van der Waals surface area contributed by atoms with Gasteiger partial charge in [0.05, 0.1) is 6.10 Å². The highest BCUT2D eigenvalue weighted by Gasteiger charge is 1.94. The normalized spacial score (nSPS) is 11.8. The molecule has 0 aliphatic carbocycles. The molecule has 2 nitrogen and oxygen atoms in total. The lowest BCUT2D eigenvalue weighted by molar-refractivity contribution is 0.159. The van der Waals surface area contributed by atoms with Crippen molar-refractivity contribution in [3.05, 3.63) is 0 Å². The van der Waals surface area contributed by atoms with Crippen LogP contribution < -0.4 is 0 Å². The Labute approximate surface area is 102 Å². The molecule has 0 bridgehead atoms. The van der Waals surface area contributed by atoms with Crippen molar-refractivity contribution in [1.82, 2.24) is 0 Å². The molecule has 2 heteroatoms. The third-order valence-electron chi connectivity index (χ3n) is 2.60. The van der Waals surface area contributed by atoms with E-state index in [-0.39, 0.29) is 6.10 Å². The first kappa shape index (κ1) is 18.3. The highest BCUT2D eigenvalue weighted by atomic mass is 16.3. The van der Waals surface area contributed by atoms with Gasteiger partial charge in [0.2, 0.25) is 0 Å². The second-order valence-corrected chi connectivity index (χ2v) is 4.34. The molecule has 1 atom stereocenters. The van der Waals surface area contributed by atoms with Gasteiger partial charge in [0, 0.05) is 6.61 Å². The summed E-state index contributed by atoms with van der Waals surface area (Å²) in [6, 6.07) is 0. The second-order valence-electron chi connectivity index (χ2n) is 4.34. The molecule has 0 aromatic heterocycles. The maximum atomic E-state index is 8.86. The van der Waals surface area contributed by atoms with Crippen LogP contribution in [-0.2, 0) is 0 Å². The van der Waals surface area contributed by atoms with Gasteiger partial charge >= 0.3 is 0 Å². The van der Waals surface area contributed by atoms with E-state index in [1.807, 2.05) is 6.92 Å². The van der Waals surface area contributed by atoms with Gasteiger partial charge in [-0.15, -0.1) is 0 Å². The molecule has 0 aliphatic heterocycles. The summed E-state index contributed by atoms with van der Waals surface area (Å²) in [6.07, 6.45) is 10.4. The van der Waals surface area contributed by atoms with Gasteiger partial charge in [-0.25, -0.2) is 0 Å². The van der Waals surface area contributed by atoms with Crippen LogP contribution in [0.15, 0.2) is 0 Å². The lowest BCUT2D eigenvalue weighted by atomic mass is 10.1. The molecule has 0 spiro atoms. The molecular weight excluding hydrogens is 200 g/mol. The van der Waals surface area contributed by atoms with Crippen molar-refractivity contribution in [2.45, 2.75) is 84.7 Å². The molecule has 0 saturated heterocycles. The SMILES string of the molecule is CCCC(O)CC.CCCCCCCCO. The van der Waals surface area contributed by atoms with Gasteiger partial charge < -0.3 is 10.2 Å². The minimum Gasteiger partial charge on any atom is -0.396 e. The molecule has 16 heavy (non-hydrogen) atoms. The van der Waals surface area contributed by atoms with E-state index in [1.54, 1.807) is 0 Å². The third-order valence-corrected chi connectivity index (χ3v) is 2.60. The monoisotopic (exact) mass is 232 g/mol. The predicted molar refractivity (Wildman–Crippen MR) is 71.7 cm³/mol. The van der Waals surface area contributed by atoms with E-state index in [4.69, 9.17) is 10.2 Å². The number of aliphatic hydroxyl groups is 2. The average molecular weight is 232 g/mol. The third kappa shape index (κ3) is 19.5. The molecule has 0 rings (SSSR count). The Kier molecular flexibility index (Phi) is 19.8. The predicted octanol–water partition coefficient (Wildman–Crippen LogP) is 3.90. The van der Waals surface area contributed by atoms with E-state index in [9.17, 15) is 0 Å². The van der Waals surface area contributed by atoms with Crippen molar-refractivity contribution in [1.29, 1.82) is 0 Å². The molecule has 2 N–H and O–H groups in total. The van der Waals surface area contributed by atoms with Crippen molar-refractivity contribution < 1.29 is 10.2 Å². The van der Waals surface area contributed by atoms with Crippen molar-refractivity contribution in [3.63, 3.8) is 0 Å². The largest absolute Gasteiger partial charge is 0.396 e. The zero-order valence-electron chi connectivity index (χ0n) is 11.5. The molecule has 100 valence electrons. The summed E-state index contributed by atoms with van der Waals surface area (Å²) in [4.78, 5) is 0. The van der Waals surface area contributed by atoms with Crippen LogP contribution in [0.3, 0.4) is 0 Å². The number of rotatable bonds is 9. The van der Waals surface area contributed by atoms with Crippen LogP contribution in [0.2, 0.25) is 0 Å². The zero-order chi connectivity index (χ0) is 12.6. The average Bonchev–Trinajstić information content (AvgIpc) is 2.30. The number of aliphatic hydroxyl groups excluding tert-OH is 2. The Morgan fingerprint density at radius 2 is 1.38 bits per heavy atom. The van der Waals surface area contributed by atoms with Gasteiger partial charge in [0.15, 0.2) is 0 Å². The summed E-state index contributed by atoms with van der Waals surface area (Å²) in [7, 11) is 0. The van der Waals surface area contributed by atoms with Crippen LogP contribution in [0, 0.1) is 0 Å². The number of hydrogen-bond acceptors (Lipinski definition) is 2. The quantitative estimate of drug-likeness (QED) is 0.592. The summed E-state index contributed by atoms with van der Waals surface area (Å²) in [5, 5.41) is 17.3. The summed E-state index contributed by atoms with van der Waals surface area (Å²) in [5.41, 5.74) is 0. The van der Waals surface area contributed by atoms with Gasteiger partial charge in [-0.1, -0.05) is 59.3 Å². The lowest BCUT2D eigenvalue weighted by Crippen LogP contribution is -2.01.